The molecule has 0 aliphatic rings. The first-order chi connectivity index (χ1) is 8.27. The number of carbonyl (C=O) groups is 2. The van der Waals surface area contributed by atoms with E-state index < -0.39 is 29.1 Å². The van der Waals surface area contributed by atoms with Gasteiger partial charge < -0.3 is 16.3 Å². The molecule has 0 saturated carbocycles. The summed E-state index contributed by atoms with van der Waals surface area (Å²) in [5.74, 6) is -0.981. The standard InChI is InChI=1S/C4H5N5O4.C3H4O2.Y/c5-1(10)8-9-3(12)6-2(11)7-4(9)13;1-2-3(4)5;/h(H5,5,6,7,8,10,11,12,13);2H,1H2,(H,4,5);/p-1. The minimum Gasteiger partial charge on any atom is -0.478 e. The maximum atomic E-state index is 10.8. The fourth-order valence-electron chi connectivity index (χ4n) is 0.633. The number of nitrogens with one attached hydrogen (secondary N) is 4. The van der Waals surface area contributed by atoms with Crippen LogP contribution in [0, 0.1) is 0 Å². The summed E-state index contributed by atoms with van der Waals surface area (Å²) in [5, 5.41) is 7.60. The van der Waals surface area contributed by atoms with Crippen LogP contribution in [0.15, 0.2) is 27.0 Å². The molecule has 0 aromatic carbocycles. The molecule has 1 rings (SSSR count). The molecule has 19 heavy (non-hydrogen) atoms. The number of H-pyrrole nitrogens is 2. The van der Waals surface area contributed by atoms with Crippen LogP contribution in [0.5, 0.6) is 0 Å². The number of aliphatic carboxylic acids is 1. The van der Waals surface area contributed by atoms with Crippen LogP contribution in [0.25, 0.3) is 5.73 Å². The van der Waals surface area contributed by atoms with Crippen LogP contribution in [0.2, 0.25) is 0 Å². The van der Waals surface area contributed by atoms with Crippen LogP contribution in [-0.2, 0) is 37.5 Å². The first-order valence-corrected chi connectivity index (χ1v) is 4.11. The molecular weight excluding hydrogens is 339 g/mol. The van der Waals surface area contributed by atoms with Crippen molar-refractivity contribution in [1.82, 2.24) is 14.6 Å². The first-order valence-electron chi connectivity index (χ1n) is 4.11. The summed E-state index contributed by atoms with van der Waals surface area (Å²) >= 11 is 0. The van der Waals surface area contributed by atoms with Crippen molar-refractivity contribution >= 4 is 12.0 Å². The van der Waals surface area contributed by atoms with Gasteiger partial charge in [-0.15, -0.1) is 0 Å². The summed E-state index contributed by atoms with van der Waals surface area (Å²) < 4.78 is 0.177. The number of carboxylic acids is 1. The third-order valence-electron chi connectivity index (χ3n) is 1.24. The molecule has 101 valence electrons. The van der Waals surface area contributed by atoms with Crippen molar-refractivity contribution in [1.29, 1.82) is 0 Å². The molecule has 0 aliphatic heterocycles. The monoisotopic (exact) mass is 347 g/mol. The van der Waals surface area contributed by atoms with Crippen molar-refractivity contribution in [3.63, 3.8) is 0 Å². The van der Waals surface area contributed by atoms with Crippen molar-refractivity contribution in [2.75, 3.05) is 5.43 Å². The van der Waals surface area contributed by atoms with Crippen LogP contribution in [0.3, 0.4) is 0 Å². The fourth-order valence-corrected chi connectivity index (χ4v) is 0.633. The largest absolute Gasteiger partial charge is 0.478 e. The summed E-state index contributed by atoms with van der Waals surface area (Å²) in [6.07, 6.45) is 0.833. The third kappa shape index (κ3) is 7.83. The molecule has 1 radical (unpaired) electrons. The zero-order valence-electron chi connectivity index (χ0n) is 9.30. The van der Waals surface area contributed by atoms with E-state index in [9.17, 15) is 24.0 Å². The van der Waals surface area contributed by atoms with Gasteiger partial charge in [0.2, 0.25) is 0 Å². The Bertz CT molecular complexity index is 594. The number of rotatable bonds is 2. The number of hydrogen-bond acceptors (Lipinski definition) is 5. The van der Waals surface area contributed by atoms with E-state index >= 15 is 0 Å². The van der Waals surface area contributed by atoms with Crippen LogP contribution in [0.1, 0.15) is 0 Å². The summed E-state index contributed by atoms with van der Waals surface area (Å²) in [6, 6.07) is -1.35. The van der Waals surface area contributed by atoms with Gasteiger partial charge in [0.05, 0.1) is 0 Å². The number of amides is 2. The number of aromatic nitrogens is 3. The normalized spacial score (nSPS) is 8.21. The predicted molar refractivity (Wildman–Crippen MR) is 58.9 cm³/mol. The van der Waals surface area contributed by atoms with Crippen molar-refractivity contribution in [3.8, 4) is 0 Å². The molecular formula is C7H8N5O6Y-. The van der Waals surface area contributed by atoms with Gasteiger partial charge >= 0.3 is 23.0 Å². The van der Waals surface area contributed by atoms with Crippen molar-refractivity contribution in [2.45, 2.75) is 0 Å². The van der Waals surface area contributed by atoms with Gasteiger partial charge in [0, 0.05) is 38.8 Å². The van der Waals surface area contributed by atoms with Crippen LogP contribution >= 0.6 is 0 Å². The van der Waals surface area contributed by atoms with Gasteiger partial charge in [0.15, 0.2) is 6.03 Å². The quantitative estimate of drug-likeness (QED) is 0.458. The van der Waals surface area contributed by atoms with E-state index in [2.05, 4.69) is 6.58 Å². The van der Waals surface area contributed by atoms with Gasteiger partial charge in [0.1, 0.15) is 0 Å². The number of urea groups is 1. The summed E-state index contributed by atoms with van der Waals surface area (Å²) in [7, 11) is 0. The van der Waals surface area contributed by atoms with E-state index in [0.29, 0.717) is 0 Å². The van der Waals surface area contributed by atoms with Gasteiger partial charge in [-0.25, -0.2) is 23.9 Å². The Balaban J connectivity index is 0. The molecule has 0 fully saturated rings. The van der Waals surface area contributed by atoms with Gasteiger partial charge in [-0.05, 0) is 0 Å². The van der Waals surface area contributed by atoms with Gasteiger partial charge in [-0.2, -0.15) is 0 Å². The average molecular weight is 347 g/mol. The van der Waals surface area contributed by atoms with Crippen molar-refractivity contribution < 1.29 is 47.4 Å². The topological polar surface area (TPSA) is 178 Å². The van der Waals surface area contributed by atoms with Gasteiger partial charge in [0.25, 0.3) is 0 Å². The Kier molecular flexibility index (Phi) is 9.15. The zero-order valence-corrected chi connectivity index (χ0v) is 12.1. The molecule has 1 aromatic rings. The number of nitrogens with zero attached hydrogens (tertiary/aromatic N) is 1. The molecule has 5 N–H and O–H groups in total. The Morgan fingerprint density at radius 1 is 1.26 bits per heavy atom. The van der Waals surface area contributed by atoms with Crippen LogP contribution < -0.4 is 22.5 Å². The van der Waals surface area contributed by atoms with E-state index in [0.717, 1.165) is 6.08 Å². The van der Waals surface area contributed by atoms with Crippen molar-refractivity contribution in [3.05, 3.63) is 49.8 Å². The Morgan fingerprint density at radius 2 is 1.63 bits per heavy atom. The zero-order chi connectivity index (χ0) is 14.3. The third-order valence-corrected chi connectivity index (χ3v) is 1.24. The first kappa shape index (κ1) is 19.3. The summed E-state index contributed by atoms with van der Waals surface area (Å²) in [5.41, 5.74) is 4.78. The van der Waals surface area contributed by atoms with E-state index in [-0.39, 0.29) is 37.4 Å². The van der Waals surface area contributed by atoms with Crippen LogP contribution in [-0.4, -0.2) is 31.8 Å². The molecule has 11 nitrogen and oxygen atoms in total. The van der Waals surface area contributed by atoms with Gasteiger partial charge in [-0.3, -0.25) is 14.8 Å². The fraction of sp³-hybridized carbons (Fsp3) is 0. The smallest absolute Gasteiger partial charge is 0.336 e. The molecule has 0 aliphatic carbocycles. The SMILES string of the molecule is C=CC(=O)O.[NH-]C(=O)Nn1c(=O)[nH]c(=O)[nH]c1=O.[Y]. The summed E-state index contributed by atoms with van der Waals surface area (Å²) in [6.45, 7) is 2.96. The Morgan fingerprint density at radius 3 is 1.89 bits per heavy atom. The minimum absolute atomic E-state index is 0. The molecule has 0 atom stereocenters. The predicted octanol–water partition coefficient (Wildman–Crippen LogP) is -1.80. The van der Waals surface area contributed by atoms with E-state index in [1.54, 1.807) is 15.4 Å². The average Bonchev–Trinajstić information content (AvgIpc) is 2.24. The second kappa shape index (κ2) is 8.99. The molecule has 12 heteroatoms. The van der Waals surface area contributed by atoms with Crippen molar-refractivity contribution in [2.24, 2.45) is 0 Å². The number of carbonyl (C=O) groups excluding carboxylic acids is 1. The van der Waals surface area contributed by atoms with E-state index in [1.165, 1.54) is 0 Å². The molecule has 1 heterocycles. The molecule has 2 amide bonds. The number of aromatic amines is 2. The molecule has 1 aromatic heterocycles. The second-order valence-electron chi connectivity index (χ2n) is 2.51. The van der Waals surface area contributed by atoms with E-state index in [1.807, 2.05) is 0 Å². The molecule has 0 unspecified atom stereocenters. The molecule has 0 bridgehead atoms. The maximum Gasteiger partial charge on any atom is 0.336 e. The second-order valence-corrected chi connectivity index (χ2v) is 2.51. The molecule has 0 saturated heterocycles. The summed E-state index contributed by atoms with van der Waals surface area (Å²) in [4.78, 5) is 54.8. The Hall–Kier alpha value is -2.01. The number of hydrogen-bond donors (Lipinski definition) is 4. The van der Waals surface area contributed by atoms with E-state index in [4.69, 9.17) is 10.8 Å². The Labute approximate surface area is 129 Å². The minimum atomic E-state index is -1.35. The maximum absolute atomic E-state index is 10.8. The van der Waals surface area contributed by atoms with Gasteiger partial charge in [-0.1, -0.05) is 6.58 Å². The molecule has 0 spiro atoms. The van der Waals surface area contributed by atoms with Crippen LogP contribution in [0.4, 0.5) is 4.79 Å². The number of carboxylic acid groups (broad SMARTS) is 1.